The molecule has 2 aromatic carbocycles. The zero-order chi connectivity index (χ0) is 23.0. The van der Waals surface area contributed by atoms with Gasteiger partial charge in [-0.15, -0.1) is 0 Å². The minimum Gasteiger partial charge on any atom is -0.492 e. The predicted molar refractivity (Wildman–Crippen MR) is 130 cm³/mol. The fraction of sp³-hybridized carbons (Fsp3) is 0.444. The van der Waals surface area contributed by atoms with Gasteiger partial charge in [-0.05, 0) is 62.5 Å². The molecule has 3 aromatic rings. The van der Waals surface area contributed by atoms with Crippen LogP contribution in [0.4, 0.5) is 0 Å². The van der Waals surface area contributed by atoms with Crippen molar-refractivity contribution in [3.05, 3.63) is 66.0 Å². The molecule has 1 aliphatic heterocycles. The van der Waals surface area contributed by atoms with Gasteiger partial charge in [0.05, 0.1) is 16.4 Å². The smallest absolute Gasteiger partial charge is 0.140 e. The highest BCUT2D eigenvalue weighted by molar-refractivity contribution is 5.88. The van der Waals surface area contributed by atoms with Crippen molar-refractivity contribution in [2.45, 2.75) is 52.4 Å². The Kier molecular flexibility index (Phi) is 8.34. The summed E-state index contributed by atoms with van der Waals surface area (Å²) in [4.78, 5) is 23.8. The van der Waals surface area contributed by atoms with Gasteiger partial charge in [0.1, 0.15) is 18.1 Å². The highest BCUT2D eigenvalue weighted by atomic mass is 16.5. The molecule has 0 radical (unpaired) electrons. The summed E-state index contributed by atoms with van der Waals surface area (Å²) in [5, 5.41) is 0. The van der Waals surface area contributed by atoms with Crippen molar-refractivity contribution in [2.24, 2.45) is 0 Å². The topological polar surface area (TPSA) is 55.3 Å². The lowest BCUT2D eigenvalue weighted by Crippen LogP contribution is -2.47. The second-order valence-corrected chi connectivity index (χ2v) is 8.05. The number of aryl methyl sites for hydroxylation is 1. The summed E-state index contributed by atoms with van der Waals surface area (Å²) in [5.74, 6) is 1.10. The third kappa shape index (κ3) is 5.16. The summed E-state index contributed by atoms with van der Waals surface area (Å²) in [6.07, 6.45) is 6.08. The number of ketones is 1. The first-order chi connectivity index (χ1) is 15.6. The number of benzene rings is 2. The lowest BCUT2D eigenvalue weighted by molar-refractivity contribution is -0.124. The molecule has 5 nitrogen and oxygen atoms in total. The fourth-order valence-corrected chi connectivity index (χ4v) is 4.59. The minimum absolute atomic E-state index is 0.288. The third-order valence-corrected chi connectivity index (χ3v) is 6.41. The Labute approximate surface area is 191 Å². The van der Waals surface area contributed by atoms with Crippen molar-refractivity contribution >= 4 is 16.8 Å². The van der Waals surface area contributed by atoms with E-state index < -0.39 is 0 Å². The van der Waals surface area contributed by atoms with Gasteiger partial charge in [0.2, 0.25) is 0 Å². The Morgan fingerprint density at radius 3 is 2.41 bits per heavy atom. The van der Waals surface area contributed by atoms with E-state index in [1.165, 1.54) is 11.1 Å². The minimum atomic E-state index is -0.346. The monoisotopic (exact) mass is 433 g/mol. The van der Waals surface area contributed by atoms with Gasteiger partial charge < -0.3 is 4.74 Å². The summed E-state index contributed by atoms with van der Waals surface area (Å²) in [5.41, 5.74) is 3.89. The van der Waals surface area contributed by atoms with Gasteiger partial charge in [0.15, 0.2) is 0 Å². The maximum atomic E-state index is 12.7. The van der Waals surface area contributed by atoms with Gasteiger partial charge in [-0.25, -0.2) is 0 Å². The molecular formula is C27H35N3O2. The van der Waals surface area contributed by atoms with Crippen LogP contribution >= 0.6 is 0 Å². The van der Waals surface area contributed by atoms with Crippen molar-refractivity contribution in [3.8, 4) is 5.75 Å². The lowest BCUT2D eigenvalue weighted by Gasteiger charge is -2.41. The van der Waals surface area contributed by atoms with E-state index in [9.17, 15) is 4.79 Å². The van der Waals surface area contributed by atoms with Crippen LogP contribution in [0.3, 0.4) is 0 Å². The van der Waals surface area contributed by atoms with Crippen LogP contribution in [-0.2, 0) is 16.6 Å². The standard InChI is InChI=1S/C25H29N3O2.C2H6/c1-3-20-6-4-5-7-22(20)25(19(2)29)10-14-28(15-11-25)16-17-30-21-8-9-23-24(18-21)27-13-12-26-23;1-2/h4-9,12-13,18H,3,10-11,14-17H2,1-2H3;1-2H3. The van der Waals surface area contributed by atoms with Crippen LogP contribution in [0.5, 0.6) is 5.75 Å². The highest BCUT2D eigenvalue weighted by Crippen LogP contribution is 2.38. The molecule has 1 fully saturated rings. The summed E-state index contributed by atoms with van der Waals surface area (Å²) in [6.45, 7) is 11.2. The Morgan fingerprint density at radius 1 is 1.03 bits per heavy atom. The molecule has 0 aliphatic carbocycles. The van der Waals surface area contributed by atoms with Crippen LogP contribution < -0.4 is 4.74 Å². The number of carbonyl (C=O) groups excluding carboxylic acids is 1. The predicted octanol–water partition coefficient (Wildman–Crippen LogP) is 5.22. The van der Waals surface area contributed by atoms with E-state index in [1.54, 1.807) is 19.3 Å². The second-order valence-electron chi connectivity index (χ2n) is 8.05. The zero-order valence-corrected chi connectivity index (χ0v) is 19.8. The largest absolute Gasteiger partial charge is 0.492 e. The molecule has 0 spiro atoms. The van der Waals surface area contributed by atoms with Gasteiger partial charge in [-0.2, -0.15) is 0 Å². The quantitative estimate of drug-likeness (QED) is 0.511. The molecule has 2 heterocycles. The number of likely N-dealkylation sites (tertiary alicyclic amines) is 1. The number of aromatic nitrogens is 2. The number of hydrogen-bond acceptors (Lipinski definition) is 5. The van der Waals surface area contributed by atoms with Crippen LogP contribution in [0, 0.1) is 0 Å². The molecule has 32 heavy (non-hydrogen) atoms. The Balaban J connectivity index is 0.00000141. The van der Waals surface area contributed by atoms with E-state index in [0.29, 0.717) is 6.61 Å². The van der Waals surface area contributed by atoms with Gasteiger partial charge in [0, 0.05) is 25.0 Å². The number of rotatable bonds is 7. The van der Waals surface area contributed by atoms with E-state index in [4.69, 9.17) is 4.74 Å². The van der Waals surface area contributed by atoms with E-state index in [1.807, 2.05) is 32.0 Å². The van der Waals surface area contributed by atoms with Crippen molar-refractivity contribution in [1.82, 2.24) is 14.9 Å². The van der Waals surface area contributed by atoms with Crippen LogP contribution in [0.2, 0.25) is 0 Å². The summed E-state index contributed by atoms with van der Waals surface area (Å²) < 4.78 is 5.96. The first-order valence-electron chi connectivity index (χ1n) is 11.8. The number of fused-ring (bicyclic) bond motifs is 1. The molecule has 0 amide bonds. The second kappa shape index (κ2) is 11.2. The molecule has 1 aliphatic rings. The van der Waals surface area contributed by atoms with Gasteiger partial charge in [-0.1, -0.05) is 45.0 Å². The van der Waals surface area contributed by atoms with Crippen molar-refractivity contribution in [1.29, 1.82) is 0 Å². The van der Waals surface area contributed by atoms with Crippen molar-refractivity contribution in [2.75, 3.05) is 26.2 Å². The summed E-state index contributed by atoms with van der Waals surface area (Å²) in [7, 11) is 0. The Hall–Kier alpha value is -2.79. The molecule has 0 N–H and O–H groups in total. The van der Waals surface area contributed by atoms with E-state index in [-0.39, 0.29) is 11.2 Å². The average Bonchev–Trinajstić information content (AvgIpc) is 2.85. The molecule has 170 valence electrons. The fourth-order valence-electron chi connectivity index (χ4n) is 4.59. The van der Waals surface area contributed by atoms with Gasteiger partial charge >= 0.3 is 0 Å². The normalized spacial score (nSPS) is 15.6. The van der Waals surface area contributed by atoms with Crippen molar-refractivity contribution < 1.29 is 9.53 Å². The zero-order valence-electron chi connectivity index (χ0n) is 19.8. The average molecular weight is 434 g/mol. The first-order valence-corrected chi connectivity index (χ1v) is 11.8. The number of nitrogens with zero attached hydrogens (tertiary/aromatic N) is 3. The number of ether oxygens (including phenoxy) is 1. The number of hydrogen-bond donors (Lipinski definition) is 0. The molecular weight excluding hydrogens is 398 g/mol. The van der Waals surface area contributed by atoms with E-state index in [2.05, 4.69) is 46.1 Å². The van der Waals surface area contributed by atoms with Crippen LogP contribution in [0.25, 0.3) is 11.0 Å². The number of Topliss-reactive ketones (excluding diaryl/α,β-unsaturated/α-hetero) is 1. The van der Waals surface area contributed by atoms with Crippen LogP contribution in [0.15, 0.2) is 54.9 Å². The molecule has 1 saturated heterocycles. The van der Waals surface area contributed by atoms with Crippen molar-refractivity contribution in [3.63, 3.8) is 0 Å². The number of piperidine rings is 1. The Morgan fingerprint density at radius 2 is 1.72 bits per heavy atom. The van der Waals surface area contributed by atoms with Gasteiger partial charge in [0.25, 0.3) is 0 Å². The van der Waals surface area contributed by atoms with Crippen LogP contribution in [0.1, 0.15) is 51.7 Å². The number of carbonyl (C=O) groups is 1. The third-order valence-electron chi connectivity index (χ3n) is 6.41. The molecule has 0 saturated carbocycles. The van der Waals surface area contributed by atoms with Gasteiger partial charge in [-0.3, -0.25) is 19.7 Å². The summed E-state index contributed by atoms with van der Waals surface area (Å²) in [6, 6.07) is 14.3. The highest BCUT2D eigenvalue weighted by Gasteiger charge is 2.41. The van der Waals surface area contributed by atoms with E-state index in [0.717, 1.165) is 55.7 Å². The maximum Gasteiger partial charge on any atom is 0.140 e. The molecule has 4 rings (SSSR count). The molecule has 0 atom stereocenters. The molecule has 5 heteroatoms. The molecule has 1 aromatic heterocycles. The SMILES string of the molecule is CC.CCc1ccccc1C1(C(C)=O)CCN(CCOc2ccc3nccnc3c2)CC1. The lowest BCUT2D eigenvalue weighted by atomic mass is 9.68. The molecule has 0 unspecified atom stereocenters. The summed E-state index contributed by atoms with van der Waals surface area (Å²) >= 11 is 0. The van der Waals surface area contributed by atoms with Crippen LogP contribution in [-0.4, -0.2) is 46.9 Å². The van der Waals surface area contributed by atoms with E-state index >= 15 is 0 Å². The molecule has 0 bridgehead atoms. The first kappa shape index (κ1) is 23.9. The maximum absolute atomic E-state index is 12.7. The Bertz CT molecular complexity index is 1030.